The molecule has 0 heterocycles. The third-order valence-corrected chi connectivity index (χ3v) is 3.09. The average molecular weight is 201 g/mol. The van der Waals surface area contributed by atoms with E-state index in [2.05, 4.69) is 18.2 Å². The number of benzene rings is 1. The first-order valence-corrected chi connectivity index (χ1v) is 5.33. The summed E-state index contributed by atoms with van der Waals surface area (Å²) < 4.78 is 5.37. The van der Waals surface area contributed by atoms with Crippen LogP contribution < -0.4 is 4.74 Å². The van der Waals surface area contributed by atoms with Gasteiger partial charge in [-0.1, -0.05) is 12.1 Å². The van der Waals surface area contributed by atoms with Crippen molar-refractivity contribution in [3.05, 3.63) is 29.8 Å². The third kappa shape index (κ3) is 1.83. The highest BCUT2D eigenvalue weighted by Gasteiger charge is 2.51. The van der Waals surface area contributed by atoms with Gasteiger partial charge in [0.25, 0.3) is 0 Å². The normalized spacial score (nSPS) is 28.2. The van der Waals surface area contributed by atoms with Crippen LogP contribution in [0.25, 0.3) is 0 Å². The van der Waals surface area contributed by atoms with Gasteiger partial charge in [-0.25, -0.2) is 0 Å². The largest absolute Gasteiger partial charge is 0.494 e. The Labute approximate surface area is 90.5 Å². The van der Waals surface area contributed by atoms with Gasteiger partial charge in [0, 0.05) is 5.92 Å². The zero-order chi connectivity index (χ0) is 10.9. The predicted molar refractivity (Wildman–Crippen MR) is 58.7 cm³/mol. The molecule has 0 aliphatic heterocycles. The lowest BCUT2D eigenvalue weighted by Gasteiger charge is -2.05. The molecule has 2 atom stereocenters. The first-order valence-electron chi connectivity index (χ1n) is 5.33. The number of rotatable bonds is 3. The number of hydrogen-bond donors (Lipinski definition) is 0. The molecule has 2 unspecified atom stereocenters. The zero-order valence-electron chi connectivity index (χ0n) is 9.16. The molecular weight excluding hydrogens is 186 g/mol. The molecule has 15 heavy (non-hydrogen) atoms. The van der Waals surface area contributed by atoms with E-state index < -0.39 is 0 Å². The van der Waals surface area contributed by atoms with Crippen LogP contribution >= 0.6 is 0 Å². The van der Waals surface area contributed by atoms with E-state index in [1.807, 2.05) is 26.0 Å². The van der Waals surface area contributed by atoms with Gasteiger partial charge in [0.1, 0.15) is 5.75 Å². The van der Waals surface area contributed by atoms with E-state index in [0.29, 0.717) is 12.5 Å². The molecule has 78 valence electrons. The van der Waals surface area contributed by atoms with Crippen LogP contribution in [0, 0.1) is 16.7 Å². The topological polar surface area (TPSA) is 33.0 Å². The molecule has 2 heteroatoms. The fourth-order valence-electron chi connectivity index (χ4n) is 1.94. The van der Waals surface area contributed by atoms with Gasteiger partial charge >= 0.3 is 0 Å². The molecule has 0 radical (unpaired) electrons. The molecule has 0 bridgehead atoms. The van der Waals surface area contributed by atoms with Crippen molar-refractivity contribution >= 4 is 0 Å². The Morgan fingerprint density at radius 2 is 2.13 bits per heavy atom. The van der Waals surface area contributed by atoms with Gasteiger partial charge in [-0.05, 0) is 38.0 Å². The highest BCUT2D eigenvalue weighted by molar-refractivity contribution is 5.37. The zero-order valence-corrected chi connectivity index (χ0v) is 9.16. The van der Waals surface area contributed by atoms with Crippen molar-refractivity contribution in [3.8, 4) is 11.8 Å². The van der Waals surface area contributed by atoms with E-state index in [0.717, 1.165) is 12.2 Å². The van der Waals surface area contributed by atoms with Gasteiger partial charge in [-0.2, -0.15) is 5.26 Å². The van der Waals surface area contributed by atoms with Gasteiger partial charge in [0.05, 0.1) is 18.1 Å². The minimum Gasteiger partial charge on any atom is -0.494 e. The average Bonchev–Trinajstić information content (AvgIpc) is 2.94. The first kappa shape index (κ1) is 10.0. The molecule has 0 amide bonds. The maximum absolute atomic E-state index is 8.96. The molecule has 0 aromatic heterocycles. The molecule has 1 saturated carbocycles. The summed E-state index contributed by atoms with van der Waals surface area (Å²) in [6.45, 7) is 4.69. The lowest BCUT2D eigenvalue weighted by atomic mass is 10.0. The van der Waals surface area contributed by atoms with Gasteiger partial charge in [0.15, 0.2) is 0 Å². The van der Waals surface area contributed by atoms with Gasteiger partial charge in [-0.3, -0.25) is 0 Å². The molecule has 1 aromatic carbocycles. The van der Waals surface area contributed by atoms with E-state index in [1.54, 1.807) is 0 Å². The van der Waals surface area contributed by atoms with E-state index in [9.17, 15) is 0 Å². The number of hydrogen-bond acceptors (Lipinski definition) is 2. The first-order chi connectivity index (χ1) is 7.19. The Hall–Kier alpha value is -1.49. The lowest BCUT2D eigenvalue weighted by molar-refractivity contribution is 0.340. The Bertz CT molecular complexity index is 390. The van der Waals surface area contributed by atoms with Crippen LogP contribution in [0.5, 0.6) is 5.75 Å². The molecule has 0 N–H and O–H groups in total. The second-order valence-electron chi connectivity index (χ2n) is 4.29. The fraction of sp³-hybridized carbons (Fsp3) is 0.462. The number of nitriles is 1. The molecule has 0 saturated heterocycles. The Kier molecular flexibility index (Phi) is 2.40. The SMILES string of the molecule is CCOc1ccc(C2CC2(C)C#N)cc1. The van der Waals surface area contributed by atoms with E-state index in [1.165, 1.54) is 5.56 Å². The van der Waals surface area contributed by atoms with Crippen LogP contribution in [0.1, 0.15) is 31.7 Å². The standard InChI is InChI=1S/C13H15NO/c1-3-15-11-6-4-10(5-7-11)12-8-13(12,2)9-14/h4-7,12H,3,8H2,1-2H3. The van der Waals surface area contributed by atoms with E-state index in [-0.39, 0.29) is 5.41 Å². The molecular formula is C13H15NO. The second-order valence-corrected chi connectivity index (χ2v) is 4.29. The van der Waals surface area contributed by atoms with Crippen LogP contribution in [-0.4, -0.2) is 6.61 Å². The summed E-state index contributed by atoms with van der Waals surface area (Å²) >= 11 is 0. The molecule has 1 fully saturated rings. The molecule has 0 spiro atoms. The minimum atomic E-state index is -0.132. The summed E-state index contributed by atoms with van der Waals surface area (Å²) in [5.74, 6) is 1.32. The molecule has 2 rings (SSSR count). The quantitative estimate of drug-likeness (QED) is 0.752. The summed E-state index contributed by atoms with van der Waals surface area (Å²) in [5, 5.41) is 8.96. The van der Waals surface area contributed by atoms with Crippen LogP contribution in [-0.2, 0) is 0 Å². The number of nitrogens with zero attached hydrogens (tertiary/aromatic N) is 1. The maximum atomic E-state index is 8.96. The van der Waals surface area contributed by atoms with Crippen LogP contribution in [0.4, 0.5) is 0 Å². The predicted octanol–water partition coefficient (Wildman–Crippen LogP) is 3.10. The van der Waals surface area contributed by atoms with Crippen molar-refractivity contribution in [1.82, 2.24) is 0 Å². The lowest BCUT2D eigenvalue weighted by Crippen LogP contribution is -1.94. The van der Waals surface area contributed by atoms with Crippen molar-refractivity contribution in [3.63, 3.8) is 0 Å². The molecule has 1 aliphatic carbocycles. The third-order valence-electron chi connectivity index (χ3n) is 3.09. The second kappa shape index (κ2) is 3.58. The van der Waals surface area contributed by atoms with Crippen molar-refractivity contribution in [2.45, 2.75) is 26.2 Å². The number of ether oxygens (including phenoxy) is 1. The van der Waals surface area contributed by atoms with Gasteiger partial charge in [-0.15, -0.1) is 0 Å². The van der Waals surface area contributed by atoms with Crippen molar-refractivity contribution in [1.29, 1.82) is 5.26 Å². The van der Waals surface area contributed by atoms with E-state index in [4.69, 9.17) is 10.00 Å². The van der Waals surface area contributed by atoms with Crippen LogP contribution in [0.15, 0.2) is 24.3 Å². The molecule has 1 aromatic rings. The van der Waals surface area contributed by atoms with Crippen LogP contribution in [0.2, 0.25) is 0 Å². The van der Waals surface area contributed by atoms with Crippen molar-refractivity contribution in [2.24, 2.45) is 5.41 Å². The Morgan fingerprint density at radius 3 is 2.60 bits per heavy atom. The van der Waals surface area contributed by atoms with Crippen LogP contribution in [0.3, 0.4) is 0 Å². The van der Waals surface area contributed by atoms with Crippen molar-refractivity contribution < 1.29 is 4.74 Å². The summed E-state index contributed by atoms with van der Waals surface area (Å²) in [5.41, 5.74) is 1.12. The van der Waals surface area contributed by atoms with E-state index >= 15 is 0 Å². The molecule has 2 nitrogen and oxygen atoms in total. The summed E-state index contributed by atoms with van der Waals surface area (Å²) in [6.07, 6.45) is 0.984. The fourth-order valence-corrected chi connectivity index (χ4v) is 1.94. The highest BCUT2D eigenvalue weighted by Crippen LogP contribution is 2.58. The summed E-state index contributed by atoms with van der Waals surface area (Å²) in [6, 6.07) is 10.5. The highest BCUT2D eigenvalue weighted by atomic mass is 16.5. The molecule has 1 aliphatic rings. The Balaban J connectivity index is 2.10. The maximum Gasteiger partial charge on any atom is 0.119 e. The van der Waals surface area contributed by atoms with Gasteiger partial charge < -0.3 is 4.74 Å². The smallest absolute Gasteiger partial charge is 0.119 e. The van der Waals surface area contributed by atoms with Crippen molar-refractivity contribution in [2.75, 3.05) is 6.61 Å². The Morgan fingerprint density at radius 1 is 1.47 bits per heavy atom. The summed E-state index contributed by atoms with van der Waals surface area (Å²) in [4.78, 5) is 0. The summed E-state index contributed by atoms with van der Waals surface area (Å²) in [7, 11) is 0. The monoisotopic (exact) mass is 201 g/mol. The van der Waals surface area contributed by atoms with Gasteiger partial charge in [0.2, 0.25) is 0 Å². The minimum absolute atomic E-state index is 0.132.